The highest BCUT2D eigenvalue weighted by Crippen LogP contribution is 2.44. The fourth-order valence-electron chi connectivity index (χ4n) is 9.36. The highest BCUT2D eigenvalue weighted by molar-refractivity contribution is 7.90. The lowest BCUT2D eigenvalue weighted by atomic mass is 9.72. The van der Waals surface area contributed by atoms with Crippen LogP contribution in [0.5, 0.6) is 11.5 Å². The molecule has 1 aliphatic carbocycles. The number of halogens is 1. The smallest absolute Gasteiger partial charge is 0.293 e. The van der Waals surface area contributed by atoms with Gasteiger partial charge in [-0.25, -0.2) is 18.1 Å². The van der Waals surface area contributed by atoms with Crippen molar-refractivity contribution >= 4 is 61.2 Å². The molecule has 336 valence electrons. The standard InChI is InChI=1S/C47H53ClN8O7S/c1-47(2)12-9-33(41(28-47)31-3-5-35(48)6-4-31)30-54-15-17-55(18-16-54)37-7-8-40(43(26-37)63-38-24-32-10-13-49-45(32)50-29-38)46(57)52-64(60,61)39-25-34-23-36(11-14-53-19-21-62-22-20-53)51-44(34)42(27-39)56(58)59/h3-8,10,13,24-27,29,36,51H,9,11-12,14-23,28,30H2,1-2H3,(H,49,50)(H,52,57). The van der Waals surface area contributed by atoms with Gasteiger partial charge < -0.3 is 24.7 Å². The molecular weight excluding hydrogens is 856 g/mol. The Kier molecular flexibility index (Phi) is 12.4. The van der Waals surface area contributed by atoms with E-state index in [4.69, 9.17) is 21.1 Å². The van der Waals surface area contributed by atoms with Crippen molar-refractivity contribution in [1.82, 2.24) is 24.5 Å². The van der Waals surface area contributed by atoms with E-state index < -0.39 is 20.9 Å². The maximum Gasteiger partial charge on any atom is 0.293 e. The lowest BCUT2D eigenvalue weighted by molar-refractivity contribution is -0.384. The molecule has 4 aliphatic rings. The molecule has 2 aromatic heterocycles. The van der Waals surface area contributed by atoms with Crippen LogP contribution in [0.4, 0.5) is 17.1 Å². The van der Waals surface area contributed by atoms with Crippen LogP contribution in [-0.2, 0) is 21.2 Å². The molecule has 0 radical (unpaired) electrons. The summed E-state index contributed by atoms with van der Waals surface area (Å²) in [6, 6.07) is 19.3. The molecule has 2 saturated heterocycles. The van der Waals surface area contributed by atoms with Gasteiger partial charge in [-0.3, -0.25) is 24.7 Å². The molecule has 15 nitrogen and oxygen atoms in total. The summed E-state index contributed by atoms with van der Waals surface area (Å²) < 4.78 is 41.9. The number of fused-ring (bicyclic) bond motifs is 2. The zero-order chi connectivity index (χ0) is 44.6. The molecule has 1 amide bonds. The summed E-state index contributed by atoms with van der Waals surface area (Å²) >= 11 is 6.25. The zero-order valence-corrected chi connectivity index (χ0v) is 37.6. The van der Waals surface area contributed by atoms with E-state index >= 15 is 0 Å². The van der Waals surface area contributed by atoms with Crippen LogP contribution in [0.1, 0.15) is 61.0 Å². The van der Waals surface area contributed by atoms with E-state index in [-0.39, 0.29) is 33.4 Å². The summed E-state index contributed by atoms with van der Waals surface area (Å²) in [6.45, 7) is 12.4. The van der Waals surface area contributed by atoms with Gasteiger partial charge in [0.2, 0.25) is 0 Å². The molecular formula is C47H53ClN8O7S. The third-order valence-corrected chi connectivity index (χ3v) is 14.5. The number of nitro benzene ring substituents is 1. The third-order valence-electron chi connectivity index (χ3n) is 13.0. The van der Waals surface area contributed by atoms with Crippen molar-refractivity contribution in [1.29, 1.82) is 0 Å². The number of hydrogen-bond donors (Lipinski definition) is 3. The quantitative estimate of drug-likeness (QED) is 0.0771. The minimum Gasteiger partial charge on any atom is -0.455 e. The number of rotatable bonds is 13. The van der Waals surface area contributed by atoms with Crippen LogP contribution in [0.3, 0.4) is 0 Å². The topological polar surface area (TPSA) is 175 Å². The summed E-state index contributed by atoms with van der Waals surface area (Å²) in [6.07, 6.45) is 7.62. The minimum absolute atomic E-state index is 0.0254. The number of anilines is 2. The second-order valence-corrected chi connectivity index (χ2v) is 20.1. The molecule has 5 aromatic rings. The van der Waals surface area contributed by atoms with Crippen molar-refractivity contribution in [3.05, 3.63) is 117 Å². The normalized spacial score (nSPS) is 19.4. The number of sulfonamides is 1. The van der Waals surface area contributed by atoms with Crippen molar-refractivity contribution in [2.45, 2.75) is 56.9 Å². The summed E-state index contributed by atoms with van der Waals surface area (Å²) in [7, 11) is -4.57. The molecule has 1 unspecified atom stereocenters. The average Bonchev–Trinajstić information content (AvgIpc) is 3.93. The minimum atomic E-state index is -4.57. The molecule has 0 bridgehead atoms. The van der Waals surface area contributed by atoms with Gasteiger partial charge in [0.05, 0.1) is 34.8 Å². The molecule has 3 aromatic carbocycles. The average molecular weight is 910 g/mol. The zero-order valence-electron chi connectivity index (χ0n) is 36.1. The maximum absolute atomic E-state index is 14.1. The Morgan fingerprint density at radius 2 is 1.80 bits per heavy atom. The van der Waals surface area contributed by atoms with E-state index in [1.54, 1.807) is 30.5 Å². The second-order valence-electron chi connectivity index (χ2n) is 18.0. The van der Waals surface area contributed by atoms with Crippen molar-refractivity contribution in [2.75, 3.05) is 75.8 Å². The number of nitrogens with one attached hydrogen (secondary N) is 3. The van der Waals surface area contributed by atoms with E-state index in [2.05, 4.69) is 60.7 Å². The molecule has 0 spiro atoms. The van der Waals surface area contributed by atoms with Crippen LogP contribution in [0.25, 0.3) is 16.6 Å². The molecule has 1 atom stereocenters. The maximum atomic E-state index is 14.1. The second kappa shape index (κ2) is 18.2. The Morgan fingerprint density at radius 1 is 1.02 bits per heavy atom. The van der Waals surface area contributed by atoms with E-state index in [0.717, 1.165) is 93.8 Å². The number of nitrogens with zero attached hydrogens (tertiary/aromatic N) is 5. The van der Waals surface area contributed by atoms with E-state index in [9.17, 15) is 23.3 Å². The molecule has 0 saturated carbocycles. The number of morpholine rings is 1. The van der Waals surface area contributed by atoms with Gasteiger partial charge >= 0.3 is 0 Å². The number of aromatic amines is 1. The van der Waals surface area contributed by atoms with E-state index in [0.29, 0.717) is 48.7 Å². The fourth-order valence-corrected chi connectivity index (χ4v) is 10.5. The Balaban J connectivity index is 0.931. The highest BCUT2D eigenvalue weighted by atomic mass is 35.5. The number of carbonyl (C=O) groups excluding carboxylic acids is 1. The Morgan fingerprint density at radius 3 is 2.56 bits per heavy atom. The number of H-pyrrole nitrogens is 1. The van der Waals surface area contributed by atoms with Crippen LogP contribution in [0.2, 0.25) is 5.02 Å². The number of benzene rings is 3. The highest BCUT2D eigenvalue weighted by Gasteiger charge is 2.34. The van der Waals surface area contributed by atoms with E-state index in [1.807, 2.05) is 18.2 Å². The van der Waals surface area contributed by atoms with Gasteiger partial charge in [-0.05, 0) is 96.7 Å². The number of hydrogen-bond acceptors (Lipinski definition) is 12. The third kappa shape index (κ3) is 9.76. The molecule has 9 rings (SSSR count). The van der Waals surface area contributed by atoms with Gasteiger partial charge in [0.25, 0.3) is 21.6 Å². The first-order valence-electron chi connectivity index (χ1n) is 21.9. The number of amides is 1. The van der Waals surface area contributed by atoms with Crippen molar-refractivity contribution < 1.29 is 27.6 Å². The largest absolute Gasteiger partial charge is 0.455 e. The summed E-state index contributed by atoms with van der Waals surface area (Å²) in [5.74, 6) is -0.442. The number of aromatic nitrogens is 2. The first-order valence-corrected chi connectivity index (χ1v) is 23.8. The summed E-state index contributed by atoms with van der Waals surface area (Å²) in [4.78, 5) is 39.9. The Hall–Kier alpha value is -5.52. The fraction of sp³-hybridized carbons (Fsp3) is 0.404. The van der Waals surface area contributed by atoms with Crippen LogP contribution >= 0.6 is 11.6 Å². The molecule has 3 N–H and O–H groups in total. The molecule has 3 aliphatic heterocycles. The monoisotopic (exact) mass is 908 g/mol. The van der Waals surface area contributed by atoms with Gasteiger partial charge in [0, 0.05) is 92.8 Å². The van der Waals surface area contributed by atoms with E-state index in [1.165, 1.54) is 29.0 Å². The van der Waals surface area contributed by atoms with Gasteiger partial charge in [-0.1, -0.05) is 43.2 Å². The molecule has 2 fully saturated rings. The predicted molar refractivity (Wildman–Crippen MR) is 248 cm³/mol. The predicted octanol–water partition coefficient (Wildman–Crippen LogP) is 7.88. The number of allylic oxidation sites excluding steroid dienone is 1. The molecule has 17 heteroatoms. The number of piperazine rings is 1. The lowest BCUT2D eigenvalue weighted by Gasteiger charge is -2.39. The summed E-state index contributed by atoms with van der Waals surface area (Å²) in [5, 5.41) is 17.1. The van der Waals surface area contributed by atoms with Gasteiger partial charge in [-0.2, -0.15) is 0 Å². The Labute approximate surface area is 378 Å². The van der Waals surface area contributed by atoms with Gasteiger partial charge in [-0.15, -0.1) is 0 Å². The number of carbonyl (C=O) groups is 1. The van der Waals surface area contributed by atoms with Crippen LogP contribution in [0, 0.1) is 15.5 Å². The number of ether oxygens (including phenoxy) is 2. The SMILES string of the molecule is CC1(C)CCC(CN2CCN(c3ccc(C(=O)NS(=O)(=O)c4cc5c(c([N+](=O)[O-])c4)NC(CCN4CCOCC4)C5)c(Oc4cnc5[nH]ccc5c4)c3)CC2)=C(c2ccc(Cl)cc2)C1. The molecule has 5 heterocycles. The summed E-state index contributed by atoms with van der Waals surface area (Å²) in [5.41, 5.74) is 6.25. The van der Waals surface area contributed by atoms with Gasteiger partial charge in [0.1, 0.15) is 22.8 Å². The first-order chi connectivity index (χ1) is 30.8. The van der Waals surface area contributed by atoms with Gasteiger partial charge in [0.15, 0.2) is 0 Å². The number of nitro groups is 1. The van der Waals surface area contributed by atoms with Crippen LogP contribution in [-0.4, -0.2) is 111 Å². The van der Waals surface area contributed by atoms with Crippen molar-refractivity contribution in [3.63, 3.8) is 0 Å². The van der Waals surface area contributed by atoms with Crippen LogP contribution < -0.4 is 19.7 Å². The molecule has 64 heavy (non-hydrogen) atoms. The van der Waals surface area contributed by atoms with Crippen molar-refractivity contribution in [2.24, 2.45) is 5.41 Å². The lowest BCUT2D eigenvalue weighted by Crippen LogP contribution is -2.47. The first kappa shape index (κ1) is 43.7. The Bertz CT molecular complexity index is 2710. The number of pyridine rings is 1. The van der Waals surface area contributed by atoms with Crippen LogP contribution in [0.15, 0.2) is 89.6 Å². The van der Waals surface area contributed by atoms with Crippen molar-refractivity contribution in [3.8, 4) is 11.5 Å².